The Hall–Kier alpha value is -1.40. The molecule has 1 aliphatic rings. The van der Waals surface area contributed by atoms with Crippen molar-refractivity contribution in [2.45, 2.75) is 6.42 Å². The van der Waals surface area contributed by atoms with Crippen molar-refractivity contribution in [3.05, 3.63) is 11.2 Å². The molecule has 1 N–H and O–H groups in total. The van der Waals surface area contributed by atoms with Gasteiger partial charge in [0.05, 0.1) is 7.11 Å². The van der Waals surface area contributed by atoms with Crippen molar-refractivity contribution in [2.75, 3.05) is 25.2 Å². The third kappa shape index (κ3) is 2.48. The molecule has 17 heavy (non-hydrogen) atoms. The van der Waals surface area contributed by atoms with Gasteiger partial charge in [0.2, 0.25) is 17.7 Å². The molecule has 1 fully saturated rings. The number of amides is 1. The molecule has 1 amide bonds. The lowest BCUT2D eigenvalue weighted by molar-refractivity contribution is -0.117. The zero-order valence-electron chi connectivity index (χ0n) is 9.26. The van der Waals surface area contributed by atoms with E-state index in [1.54, 1.807) is 0 Å². The Morgan fingerprint density at radius 2 is 2.41 bits per heavy atom. The summed E-state index contributed by atoms with van der Waals surface area (Å²) in [5, 5.41) is 9.25. The summed E-state index contributed by atoms with van der Waals surface area (Å²) >= 11 is 5.81. The number of methoxy groups -OCH3 is 1. The van der Waals surface area contributed by atoms with Crippen molar-refractivity contribution in [2.24, 2.45) is 5.92 Å². The molecule has 1 unspecified atom stereocenters. The smallest absolute Gasteiger partial charge is 0.236 e. The fourth-order valence-corrected chi connectivity index (χ4v) is 1.88. The minimum absolute atomic E-state index is 0.0278. The van der Waals surface area contributed by atoms with Crippen LogP contribution in [-0.4, -0.2) is 41.2 Å². The Balaban J connectivity index is 2.28. The van der Waals surface area contributed by atoms with Gasteiger partial charge in [0.1, 0.15) is 5.15 Å². The van der Waals surface area contributed by atoms with E-state index in [0.717, 1.165) is 0 Å². The second-order valence-electron chi connectivity index (χ2n) is 3.79. The summed E-state index contributed by atoms with van der Waals surface area (Å²) in [6.45, 7) is 0.374. The molecule has 0 radical (unpaired) electrons. The molecule has 1 aromatic heterocycles. The van der Waals surface area contributed by atoms with Crippen molar-refractivity contribution in [3.63, 3.8) is 0 Å². The number of hydrogen-bond donors (Lipinski definition) is 1. The van der Waals surface area contributed by atoms with Crippen molar-refractivity contribution in [1.29, 1.82) is 0 Å². The lowest BCUT2D eigenvalue weighted by Gasteiger charge is -2.14. The molecule has 1 saturated heterocycles. The Morgan fingerprint density at radius 3 is 3.00 bits per heavy atom. The monoisotopic (exact) mass is 257 g/mol. The maximum absolute atomic E-state index is 11.7. The molecular weight excluding hydrogens is 246 g/mol. The third-order valence-corrected chi connectivity index (χ3v) is 2.77. The van der Waals surface area contributed by atoms with Crippen molar-refractivity contribution >= 4 is 23.5 Å². The van der Waals surface area contributed by atoms with E-state index in [1.165, 1.54) is 18.1 Å². The molecule has 1 atom stereocenters. The van der Waals surface area contributed by atoms with Gasteiger partial charge in [-0.25, -0.2) is 4.98 Å². The molecule has 2 heterocycles. The zero-order chi connectivity index (χ0) is 12.4. The van der Waals surface area contributed by atoms with Gasteiger partial charge in [-0.15, -0.1) is 0 Å². The van der Waals surface area contributed by atoms with Gasteiger partial charge in [0.15, 0.2) is 0 Å². The van der Waals surface area contributed by atoms with Gasteiger partial charge in [-0.1, -0.05) is 11.6 Å². The highest BCUT2D eigenvalue weighted by Gasteiger charge is 2.32. The molecule has 6 nitrogen and oxygen atoms in total. The van der Waals surface area contributed by atoms with Crippen LogP contribution in [0.25, 0.3) is 0 Å². The van der Waals surface area contributed by atoms with Crippen molar-refractivity contribution in [3.8, 4) is 5.88 Å². The second kappa shape index (κ2) is 4.85. The van der Waals surface area contributed by atoms with Crippen LogP contribution in [0.2, 0.25) is 5.15 Å². The number of halogens is 1. The van der Waals surface area contributed by atoms with Crippen LogP contribution in [-0.2, 0) is 4.79 Å². The van der Waals surface area contributed by atoms with Crippen LogP contribution < -0.4 is 9.64 Å². The largest absolute Gasteiger partial charge is 0.481 e. The van der Waals surface area contributed by atoms with E-state index >= 15 is 0 Å². The summed E-state index contributed by atoms with van der Waals surface area (Å²) in [5.41, 5.74) is 0. The van der Waals surface area contributed by atoms with Gasteiger partial charge in [-0.05, 0) is 0 Å². The predicted molar refractivity (Wildman–Crippen MR) is 61.1 cm³/mol. The third-order valence-electron chi connectivity index (χ3n) is 2.57. The maximum atomic E-state index is 11.7. The Morgan fingerprint density at radius 1 is 1.65 bits per heavy atom. The normalized spacial score (nSPS) is 19.8. The summed E-state index contributed by atoms with van der Waals surface area (Å²) in [6.07, 6.45) is 0.300. The van der Waals surface area contributed by atoms with Gasteiger partial charge in [0.25, 0.3) is 0 Å². The highest BCUT2D eigenvalue weighted by Crippen LogP contribution is 2.25. The number of nitrogens with zero attached hydrogens (tertiary/aromatic N) is 3. The van der Waals surface area contributed by atoms with Crippen LogP contribution in [0.3, 0.4) is 0 Å². The van der Waals surface area contributed by atoms with E-state index < -0.39 is 0 Å². The van der Waals surface area contributed by atoms with Gasteiger partial charge in [-0.2, -0.15) is 4.98 Å². The van der Waals surface area contributed by atoms with Gasteiger partial charge < -0.3 is 9.84 Å². The first kappa shape index (κ1) is 12.1. The van der Waals surface area contributed by atoms with Crippen LogP contribution in [0.5, 0.6) is 5.88 Å². The number of aliphatic hydroxyl groups excluding tert-OH is 1. The molecular formula is C10H12ClN3O3. The molecule has 2 rings (SSSR count). The SMILES string of the molecule is COc1cc(Cl)nc(N2CC(CO)CC2=O)n1. The number of carbonyl (C=O) groups excluding carboxylic acids is 1. The second-order valence-corrected chi connectivity index (χ2v) is 4.18. The minimum atomic E-state index is -0.117. The number of anilines is 1. The van der Waals surface area contributed by atoms with E-state index in [4.69, 9.17) is 21.4 Å². The van der Waals surface area contributed by atoms with Gasteiger partial charge >= 0.3 is 0 Å². The molecule has 0 aromatic carbocycles. The molecule has 0 bridgehead atoms. The van der Waals surface area contributed by atoms with E-state index in [-0.39, 0.29) is 29.5 Å². The number of ether oxygens (including phenoxy) is 1. The first-order valence-electron chi connectivity index (χ1n) is 5.14. The topological polar surface area (TPSA) is 75.6 Å². The van der Waals surface area contributed by atoms with E-state index in [2.05, 4.69) is 9.97 Å². The quantitative estimate of drug-likeness (QED) is 0.798. The Labute approximate surface area is 103 Å². The van der Waals surface area contributed by atoms with Crippen LogP contribution in [0, 0.1) is 5.92 Å². The lowest BCUT2D eigenvalue weighted by Crippen LogP contribution is -2.27. The molecule has 7 heteroatoms. The first-order valence-corrected chi connectivity index (χ1v) is 5.51. The summed E-state index contributed by atoms with van der Waals surface area (Å²) in [6, 6.07) is 1.47. The van der Waals surface area contributed by atoms with Crippen LogP contribution in [0.4, 0.5) is 5.95 Å². The lowest BCUT2D eigenvalue weighted by atomic mass is 10.1. The Kier molecular flexibility index (Phi) is 3.44. The number of aliphatic hydroxyl groups is 1. The number of rotatable bonds is 3. The average Bonchev–Trinajstić information content (AvgIpc) is 2.69. The summed E-state index contributed by atoms with van der Waals surface area (Å²) in [4.78, 5) is 21.2. The number of carbonyl (C=O) groups is 1. The Bertz CT molecular complexity index is 441. The highest BCUT2D eigenvalue weighted by atomic mass is 35.5. The standard InChI is InChI=1S/C10H12ClN3O3/c1-17-8-3-7(11)12-10(13-8)14-4-6(5-15)2-9(14)16/h3,6,15H,2,4-5H2,1H3. The first-order chi connectivity index (χ1) is 8.13. The molecule has 0 saturated carbocycles. The van der Waals surface area contributed by atoms with Gasteiger partial charge in [0, 0.05) is 31.6 Å². The van der Waals surface area contributed by atoms with Crippen LogP contribution in [0.15, 0.2) is 6.07 Å². The molecule has 92 valence electrons. The fourth-order valence-electron chi connectivity index (χ4n) is 1.71. The minimum Gasteiger partial charge on any atom is -0.481 e. The van der Waals surface area contributed by atoms with Crippen molar-refractivity contribution < 1.29 is 14.6 Å². The van der Waals surface area contributed by atoms with E-state index in [1.807, 2.05) is 0 Å². The predicted octanol–water partition coefficient (Wildman–Crippen LogP) is 0.484. The van der Waals surface area contributed by atoms with Gasteiger partial charge in [-0.3, -0.25) is 9.69 Å². The molecule has 1 aromatic rings. The summed E-state index contributed by atoms with van der Waals surface area (Å²) in [7, 11) is 1.46. The van der Waals surface area contributed by atoms with E-state index in [0.29, 0.717) is 18.8 Å². The van der Waals surface area contributed by atoms with Crippen LogP contribution >= 0.6 is 11.6 Å². The molecule has 0 spiro atoms. The molecule has 1 aliphatic heterocycles. The highest BCUT2D eigenvalue weighted by molar-refractivity contribution is 6.29. The maximum Gasteiger partial charge on any atom is 0.236 e. The number of hydrogen-bond acceptors (Lipinski definition) is 5. The summed E-state index contributed by atoms with van der Waals surface area (Å²) < 4.78 is 4.96. The summed E-state index contributed by atoms with van der Waals surface area (Å²) in [5.74, 6) is 0.333. The van der Waals surface area contributed by atoms with Crippen molar-refractivity contribution in [1.82, 2.24) is 9.97 Å². The average molecular weight is 258 g/mol. The number of aromatic nitrogens is 2. The molecule has 0 aliphatic carbocycles. The van der Waals surface area contributed by atoms with E-state index in [9.17, 15) is 4.79 Å². The fraction of sp³-hybridized carbons (Fsp3) is 0.500. The zero-order valence-corrected chi connectivity index (χ0v) is 10.0. The van der Waals surface area contributed by atoms with Crippen LogP contribution in [0.1, 0.15) is 6.42 Å².